The van der Waals surface area contributed by atoms with Gasteiger partial charge in [-0.1, -0.05) is 88.0 Å². The summed E-state index contributed by atoms with van der Waals surface area (Å²) >= 11 is 14.2. The van der Waals surface area contributed by atoms with Crippen molar-refractivity contribution in [3.63, 3.8) is 0 Å². The van der Waals surface area contributed by atoms with Crippen LogP contribution in [0.15, 0.2) is 23.3 Å². The fourth-order valence-electron chi connectivity index (χ4n) is 4.34. The molecule has 0 aromatic heterocycles. The number of allylic oxidation sites excluding steroid dienone is 4. The predicted molar refractivity (Wildman–Crippen MR) is 176 cm³/mol. The van der Waals surface area contributed by atoms with E-state index in [2.05, 4.69) is 53.7 Å². The largest absolute Gasteiger partial charge is 0.469 e. The molecule has 0 rings (SSSR count). The maximum atomic E-state index is 11.4. The quantitative estimate of drug-likeness (QED) is 0.0445. The van der Waals surface area contributed by atoms with E-state index in [1.165, 1.54) is 14.2 Å². The van der Waals surface area contributed by atoms with Crippen LogP contribution in [0.25, 0.3) is 0 Å². The fraction of sp³-hybridized carbons (Fsp3) is 0.824. The highest BCUT2D eigenvalue weighted by atomic mass is 35.5. The molecule has 0 aliphatic heterocycles. The van der Waals surface area contributed by atoms with E-state index in [1.54, 1.807) is 0 Å². The van der Waals surface area contributed by atoms with Crippen LogP contribution in [0.5, 0.6) is 0 Å². The highest BCUT2D eigenvalue weighted by Gasteiger charge is 2.43. The summed E-state index contributed by atoms with van der Waals surface area (Å²) in [5, 5.41) is -2.90. The van der Waals surface area contributed by atoms with Crippen LogP contribution in [0.3, 0.4) is 0 Å². The van der Waals surface area contributed by atoms with Crippen LogP contribution < -0.4 is 0 Å². The second kappa shape index (κ2) is 22.4. The lowest BCUT2D eigenvalue weighted by Gasteiger charge is -2.39. The molecule has 0 aliphatic carbocycles. The van der Waals surface area contributed by atoms with Crippen molar-refractivity contribution < 1.29 is 33.3 Å². The Hall–Kier alpha value is -1.12. The zero-order valence-electron chi connectivity index (χ0n) is 28.6. The molecule has 0 aromatic rings. The summed E-state index contributed by atoms with van der Waals surface area (Å²) in [6.07, 6.45) is 10.8. The molecule has 0 bridgehead atoms. The Morgan fingerprint density at radius 2 is 1.00 bits per heavy atom. The SMILES string of the molecule is COC(=O)CCC(C)=CCCC(C)CC(Cl)(OCC(C)C)OC(Cl)(CC(C)CCC=C(C)CCC(=O)OC)OCC(C)C. The van der Waals surface area contributed by atoms with E-state index in [9.17, 15) is 9.59 Å². The van der Waals surface area contributed by atoms with Crippen molar-refractivity contribution >= 4 is 35.1 Å². The number of hydrogen-bond acceptors (Lipinski definition) is 7. The average molecular weight is 652 g/mol. The normalized spacial score (nSPS) is 17.0. The number of alkyl halides is 2. The Bertz CT molecular complexity index is 790. The number of carbonyl (C=O) groups excluding carboxylic acids is 2. The number of ether oxygens (including phenoxy) is 5. The molecule has 0 fully saturated rings. The summed E-state index contributed by atoms with van der Waals surface area (Å²) < 4.78 is 28.3. The molecule has 0 amide bonds. The zero-order chi connectivity index (χ0) is 33.1. The van der Waals surface area contributed by atoms with Gasteiger partial charge in [0.2, 0.25) is 0 Å². The average Bonchev–Trinajstić information content (AvgIpc) is 2.92. The maximum Gasteiger partial charge on any atom is 0.305 e. The predicted octanol–water partition coefficient (Wildman–Crippen LogP) is 9.55. The van der Waals surface area contributed by atoms with Crippen LogP contribution in [0.2, 0.25) is 0 Å². The molecule has 0 aliphatic rings. The molecular formula is C34H60Cl2O7. The third-order valence-electron chi connectivity index (χ3n) is 6.96. The van der Waals surface area contributed by atoms with Gasteiger partial charge >= 0.3 is 11.9 Å². The van der Waals surface area contributed by atoms with Gasteiger partial charge < -0.3 is 18.9 Å². The van der Waals surface area contributed by atoms with Gasteiger partial charge in [-0.25, -0.2) is 0 Å². The number of halogens is 2. The van der Waals surface area contributed by atoms with E-state index in [1.807, 2.05) is 13.8 Å². The Labute approximate surface area is 272 Å². The van der Waals surface area contributed by atoms with Crippen LogP contribution in [0.1, 0.15) is 120 Å². The maximum absolute atomic E-state index is 11.4. The lowest BCUT2D eigenvalue weighted by molar-refractivity contribution is -0.303. The van der Waals surface area contributed by atoms with Gasteiger partial charge in [-0.2, -0.15) is 0 Å². The van der Waals surface area contributed by atoms with E-state index in [0.29, 0.717) is 51.7 Å². The van der Waals surface area contributed by atoms with Crippen LogP contribution in [0.4, 0.5) is 0 Å². The first-order valence-corrected chi connectivity index (χ1v) is 16.6. The molecule has 0 saturated heterocycles. The Morgan fingerprint density at radius 1 is 0.651 bits per heavy atom. The van der Waals surface area contributed by atoms with Gasteiger partial charge in [0.1, 0.15) is 0 Å². The van der Waals surface area contributed by atoms with Gasteiger partial charge in [0, 0.05) is 25.7 Å². The summed E-state index contributed by atoms with van der Waals surface area (Å²) in [6.45, 7) is 17.4. The third kappa shape index (κ3) is 22.1. The molecule has 0 radical (unpaired) electrons. The lowest BCUT2D eigenvalue weighted by atomic mass is 9.98. The van der Waals surface area contributed by atoms with Crippen LogP contribution in [0, 0.1) is 23.7 Å². The molecule has 4 unspecified atom stereocenters. The van der Waals surface area contributed by atoms with E-state index >= 15 is 0 Å². The molecule has 252 valence electrons. The Balaban J connectivity index is 5.47. The van der Waals surface area contributed by atoms with Gasteiger partial charge in [-0.05, 0) is 76.0 Å². The van der Waals surface area contributed by atoms with Crippen molar-refractivity contribution in [2.24, 2.45) is 23.7 Å². The van der Waals surface area contributed by atoms with E-state index in [4.69, 9.17) is 46.9 Å². The van der Waals surface area contributed by atoms with Gasteiger partial charge in [-0.3, -0.25) is 14.3 Å². The number of rotatable bonds is 24. The molecule has 0 saturated carbocycles. The summed E-state index contributed by atoms with van der Waals surface area (Å²) in [5.41, 5.74) is 2.32. The van der Waals surface area contributed by atoms with Crippen molar-refractivity contribution in [2.75, 3.05) is 27.4 Å². The van der Waals surface area contributed by atoms with Crippen molar-refractivity contribution in [3.8, 4) is 0 Å². The molecule has 0 spiro atoms. The minimum atomic E-state index is -1.45. The highest BCUT2D eigenvalue weighted by molar-refractivity contribution is 6.24. The van der Waals surface area contributed by atoms with Crippen LogP contribution in [-0.2, 0) is 33.3 Å². The first-order chi connectivity index (χ1) is 20.0. The van der Waals surface area contributed by atoms with Crippen LogP contribution >= 0.6 is 23.2 Å². The lowest BCUT2D eigenvalue weighted by Crippen LogP contribution is -2.44. The molecule has 0 N–H and O–H groups in total. The van der Waals surface area contributed by atoms with E-state index in [-0.39, 0.29) is 35.6 Å². The first kappa shape index (κ1) is 41.9. The standard InChI is InChI=1S/C34H60Cl2O7/c1-25(2)23-41-33(35,21-29(7)15-11-13-27(5)17-19-31(37)39-9)43-34(36,42-24-26(3)4)22-30(8)16-12-14-28(6)18-20-32(38)40-10/h13-14,25-26,29-30H,11-12,15-24H2,1-10H3. The van der Waals surface area contributed by atoms with Crippen LogP contribution in [-0.4, -0.2) is 49.9 Å². The van der Waals surface area contributed by atoms with Crippen molar-refractivity contribution in [1.29, 1.82) is 0 Å². The minimum absolute atomic E-state index is 0.177. The first-order valence-electron chi connectivity index (χ1n) is 15.8. The molecule has 9 heteroatoms. The van der Waals surface area contributed by atoms with E-state index in [0.717, 1.165) is 36.8 Å². The summed E-state index contributed by atoms with van der Waals surface area (Å²) in [7, 11) is 2.82. The van der Waals surface area contributed by atoms with Gasteiger partial charge in [-0.15, -0.1) is 0 Å². The highest BCUT2D eigenvalue weighted by Crippen LogP contribution is 2.40. The number of hydrogen-bond donors (Lipinski definition) is 0. The van der Waals surface area contributed by atoms with Crippen molar-refractivity contribution in [2.45, 2.75) is 130 Å². The number of methoxy groups -OCH3 is 2. The number of esters is 2. The third-order valence-corrected chi connectivity index (χ3v) is 7.64. The summed E-state index contributed by atoms with van der Waals surface area (Å²) in [5.74, 6) is 0.465. The summed E-state index contributed by atoms with van der Waals surface area (Å²) in [4.78, 5) is 22.9. The van der Waals surface area contributed by atoms with Crippen molar-refractivity contribution in [1.82, 2.24) is 0 Å². The summed E-state index contributed by atoms with van der Waals surface area (Å²) in [6, 6.07) is 0. The Morgan fingerprint density at radius 3 is 1.30 bits per heavy atom. The second-order valence-corrected chi connectivity index (χ2v) is 14.0. The smallest absolute Gasteiger partial charge is 0.305 e. The molecule has 7 nitrogen and oxygen atoms in total. The zero-order valence-corrected chi connectivity index (χ0v) is 30.1. The van der Waals surface area contributed by atoms with Crippen molar-refractivity contribution in [3.05, 3.63) is 23.3 Å². The minimum Gasteiger partial charge on any atom is -0.469 e. The molecule has 0 aromatic carbocycles. The van der Waals surface area contributed by atoms with Gasteiger partial charge in [0.15, 0.2) is 0 Å². The van der Waals surface area contributed by atoms with Gasteiger partial charge in [0.05, 0.1) is 27.4 Å². The Kier molecular flexibility index (Phi) is 21.8. The number of carbonyl (C=O) groups is 2. The van der Waals surface area contributed by atoms with Gasteiger partial charge in [0.25, 0.3) is 10.5 Å². The van der Waals surface area contributed by atoms with E-state index < -0.39 is 10.5 Å². The monoisotopic (exact) mass is 650 g/mol. The topological polar surface area (TPSA) is 80.3 Å². The second-order valence-electron chi connectivity index (χ2n) is 12.9. The molecule has 4 atom stereocenters. The molecule has 43 heavy (non-hydrogen) atoms. The fourth-order valence-corrected chi connectivity index (χ4v) is 5.28. The molecular weight excluding hydrogens is 591 g/mol. The molecule has 0 heterocycles.